The van der Waals surface area contributed by atoms with Crippen molar-refractivity contribution in [3.05, 3.63) is 18.2 Å². The van der Waals surface area contributed by atoms with Gasteiger partial charge in [-0.2, -0.15) is 4.72 Å². The highest BCUT2D eigenvalue weighted by Gasteiger charge is 2.28. The second-order valence-corrected chi connectivity index (χ2v) is 6.92. The van der Waals surface area contributed by atoms with Gasteiger partial charge in [-0.25, -0.2) is 8.42 Å². The molecule has 0 aromatic heterocycles. The van der Waals surface area contributed by atoms with E-state index in [0.717, 1.165) is 0 Å². The van der Waals surface area contributed by atoms with Gasteiger partial charge < -0.3 is 15.2 Å². The number of carboxylic acids is 1. The first kappa shape index (κ1) is 17.2. The summed E-state index contributed by atoms with van der Waals surface area (Å²) in [6.07, 6.45) is 0.0338. The number of ether oxygens (including phenoxy) is 1. The molecule has 0 aliphatic carbocycles. The maximum absolute atomic E-state index is 12.3. The van der Waals surface area contributed by atoms with Gasteiger partial charge in [0.2, 0.25) is 10.0 Å². The summed E-state index contributed by atoms with van der Waals surface area (Å²) >= 11 is 0. The van der Waals surface area contributed by atoms with Gasteiger partial charge in [-0.15, -0.1) is 0 Å². The summed E-state index contributed by atoms with van der Waals surface area (Å²) in [5.41, 5.74) is 0.235. The van der Waals surface area contributed by atoms with Crippen LogP contribution in [-0.4, -0.2) is 37.5 Å². The lowest BCUT2D eigenvalue weighted by molar-refractivity contribution is -0.139. The normalized spacial score (nSPS) is 18.5. The molecule has 2 unspecified atom stereocenters. The summed E-state index contributed by atoms with van der Waals surface area (Å²) in [6.45, 7) is 3.34. The van der Waals surface area contributed by atoms with E-state index in [1.807, 2.05) is 0 Å². The fraction of sp³-hybridized carbons (Fsp3) is 0.429. The van der Waals surface area contributed by atoms with Crippen molar-refractivity contribution in [1.82, 2.24) is 4.72 Å². The summed E-state index contributed by atoms with van der Waals surface area (Å²) in [6, 6.07) is 2.77. The van der Waals surface area contributed by atoms with E-state index in [1.165, 1.54) is 18.2 Å². The van der Waals surface area contributed by atoms with E-state index in [1.54, 1.807) is 13.8 Å². The minimum atomic E-state index is -4.03. The van der Waals surface area contributed by atoms with Crippen LogP contribution >= 0.6 is 0 Å². The number of rotatable bonds is 6. The molecule has 3 N–H and O–H groups in total. The second-order valence-electron chi connectivity index (χ2n) is 5.21. The summed E-state index contributed by atoms with van der Waals surface area (Å²) in [7, 11) is -4.03. The first-order valence-electron chi connectivity index (χ1n) is 7.11. The minimum absolute atomic E-state index is 0.142. The van der Waals surface area contributed by atoms with E-state index in [9.17, 15) is 18.0 Å². The number of sulfonamides is 1. The molecular weight excluding hydrogens is 324 g/mol. The average Bonchev–Trinajstić information content (AvgIpc) is 2.47. The summed E-state index contributed by atoms with van der Waals surface area (Å²) < 4.78 is 32.2. The number of carbonyl (C=O) groups is 2. The van der Waals surface area contributed by atoms with Crippen molar-refractivity contribution < 1.29 is 27.9 Å². The molecule has 8 nitrogen and oxygen atoms in total. The van der Waals surface area contributed by atoms with Gasteiger partial charge in [-0.1, -0.05) is 13.3 Å². The zero-order valence-electron chi connectivity index (χ0n) is 12.7. The van der Waals surface area contributed by atoms with E-state index >= 15 is 0 Å². The molecule has 1 heterocycles. The molecule has 126 valence electrons. The number of benzene rings is 1. The molecule has 2 rings (SSSR count). The highest BCUT2D eigenvalue weighted by atomic mass is 32.2. The number of carboxylic acid groups (broad SMARTS) is 1. The number of amides is 1. The molecule has 0 radical (unpaired) electrons. The largest absolute Gasteiger partial charge is 0.480 e. The standard InChI is InChI=1S/C14H18N2O6S/c1-3-4-10(14(18)19)16-23(20,21)9-5-6-12-11(7-9)15-13(17)8(2)22-12/h5-8,10,16H,3-4H2,1-2H3,(H,15,17)(H,18,19). The smallest absolute Gasteiger partial charge is 0.321 e. The first-order valence-corrected chi connectivity index (χ1v) is 8.59. The molecule has 0 saturated heterocycles. The number of aliphatic carboxylic acids is 1. The Hall–Kier alpha value is -2.13. The van der Waals surface area contributed by atoms with Gasteiger partial charge >= 0.3 is 5.97 Å². The SMILES string of the molecule is CCCC(NS(=O)(=O)c1ccc2c(c1)NC(=O)C(C)O2)C(=O)O. The molecule has 1 aliphatic heterocycles. The van der Waals surface area contributed by atoms with Gasteiger partial charge in [0, 0.05) is 0 Å². The summed E-state index contributed by atoms with van der Waals surface area (Å²) in [4.78, 5) is 22.6. The summed E-state index contributed by atoms with van der Waals surface area (Å²) in [5.74, 6) is -1.26. The monoisotopic (exact) mass is 342 g/mol. The fourth-order valence-electron chi connectivity index (χ4n) is 2.13. The highest BCUT2D eigenvalue weighted by molar-refractivity contribution is 7.89. The van der Waals surface area contributed by atoms with Gasteiger partial charge in [-0.3, -0.25) is 9.59 Å². The van der Waals surface area contributed by atoms with Gasteiger partial charge in [0.25, 0.3) is 5.91 Å². The third-order valence-electron chi connectivity index (χ3n) is 3.37. The van der Waals surface area contributed by atoms with Crippen molar-refractivity contribution in [1.29, 1.82) is 0 Å². The van der Waals surface area contributed by atoms with Gasteiger partial charge in [0.1, 0.15) is 11.8 Å². The Morgan fingerprint density at radius 1 is 1.48 bits per heavy atom. The van der Waals surface area contributed by atoms with E-state index < -0.39 is 28.1 Å². The Kier molecular flexibility index (Phi) is 4.90. The molecule has 0 saturated carbocycles. The minimum Gasteiger partial charge on any atom is -0.480 e. The van der Waals surface area contributed by atoms with Crippen molar-refractivity contribution in [3.63, 3.8) is 0 Å². The van der Waals surface area contributed by atoms with Crippen LogP contribution in [0.15, 0.2) is 23.1 Å². The van der Waals surface area contributed by atoms with Gasteiger partial charge in [0.15, 0.2) is 6.10 Å². The lowest BCUT2D eigenvalue weighted by Crippen LogP contribution is -2.40. The third kappa shape index (κ3) is 3.80. The van der Waals surface area contributed by atoms with Crippen molar-refractivity contribution in [2.45, 2.75) is 43.7 Å². The van der Waals surface area contributed by atoms with E-state index in [4.69, 9.17) is 9.84 Å². The van der Waals surface area contributed by atoms with Gasteiger partial charge in [-0.05, 0) is 31.5 Å². The molecule has 1 aromatic carbocycles. The van der Waals surface area contributed by atoms with Crippen LogP contribution in [0.25, 0.3) is 0 Å². The van der Waals surface area contributed by atoms with Crippen LogP contribution in [0, 0.1) is 0 Å². The Morgan fingerprint density at radius 3 is 2.78 bits per heavy atom. The zero-order chi connectivity index (χ0) is 17.2. The first-order chi connectivity index (χ1) is 10.7. The van der Waals surface area contributed by atoms with Crippen LogP contribution in [0.4, 0.5) is 5.69 Å². The van der Waals surface area contributed by atoms with Crippen molar-refractivity contribution in [2.24, 2.45) is 0 Å². The summed E-state index contributed by atoms with van der Waals surface area (Å²) in [5, 5.41) is 11.6. The molecule has 9 heteroatoms. The molecule has 1 amide bonds. The average molecular weight is 342 g/mol. The Labute approximate surface area is 133 Å². The topological polar surface area (TPSA) is 122 Å². The van der Waals surface area contributed by atoms with E-state index in [2.05, 4.69) is 10.0 Å². The highest BCUT2D eigenvalue weighted by Crippen LogP contribution is 2.31. The molecule has 0 bridgehead atoms. The molecule has 0 fully saturated rings. The zero-order valence-corrected chi connectivity index (χ0v) is 13.5. The maximum atomic E-state index is 12.3. The molecule has 0 spiro atoms. The third-order valence-corrected chi connectivity index (χ3v) is 4.83. The number of nitrogens with one attached hydrogen (secondary N) is 2. The van der Waals surface area contributed by atoms with E-state index in [0.29, 0.717) is 12.2 Å². The molecule has 1 aliphatic rings. The molecule has 23 heavy (non-hydrogen) atoms. The number of hydrogen-bond acceptors (Lipinski definition) is 5. The molecular formula is C14H18N2O6S. The predicted molar refractivity (Wildman–Crippen MR) is 81.8 cm³/mol. The van der Waals surface area contributed by atoms with Crippen LogP contribution in [0.2, 0.25) is 0 Å². The van der Waals surface area contributed by atoms with Crippen molar-refractivity contribution in [3.8, 4) is 5.75 Å². The predicted octanol–water partition coefficient (Wildman–Crippen LogP) is 0.938. The van der Waals surface area contributed by atoms with Gasteiger partial charge in [0.05, 0.1) is 10.6 Å². The molecule has 1 aromatic rings. The quantitative estimate of drug-likeness (QED) is 0.707. The number of anilines is 1. The van der Waals surface area contributed by atoms with Crippen molar-refractivity contribution in [2.75, 3.05) is 5.32 Å². The van der Waals surface area contributed by atoms with Crippen LogP contribution in [0.5, 0.6) is 5.75 Å². The van der Waals surface area contributed by atoms with Crippen molar-refractivity contribution >= 4 is 27.6 Å². The fourth-order valence-corrected chi connectivity index (χ4v) is 3.38. The Balaban J connectivity index is 2.29. The Morgan fingerprint density at radius 2 is 2.17 bits per heavy atom. The lowest BCUT2D eigenvalue weighted by atomic mass is 10.2. The van der Waals surface area contributed by atoms with E-state index in [-0.39, 0.29) is 22.9 Å². The number of hydrogen-bond donors (Lipinski definition) is 3. The van der Waals surface area contributed by atoms with Crippen LogP contribution < -0.4 is 14.8 Å². The number of carbonyl (C=O) groups excluding carboxylic acids is 1. The van der Waals surface area contributed by atoms with Crippen LogP contribution in [-0.2, 0) is 19.6 Å². The Bertz CT molecular complexity index is 731. The second kappa shape index (κ2) is 6.55. The maximum Gasteiger partial charge on any atom is 0.321 e. The lowest BCUT2D eigenvalue weighted by Gasteiger charge is -2.23. The van der Waals surface area contributed by atoms with Crippen LogP contribution in [0.3, 0.4) is 0 Å². The molecule has 2 atom stereocenters. The number of fused-ring (bicyclic) bond motifs is 1. The van der Waals surface area contributed by atoms with Crippen LogP contribution in [0.1, 0.15) is 26.7 Å².